The number of carbonyl (C=O) groups is 1. The molecule has 0 bridgehead atoms. The van der Waals surface area contributed by atoms with Crippen LogP contribution >= 0.6 is 11.6 Å². The summed E-state index contributed by atoms with van der Waals surface area (Å²) in [5.41, 5.74) is 3.30. The molecule has 190 valence electrons. The van der Waals surface area contributed by atoms with Gasteiger partial charge in [0.1, 0.15) is 11.6 Å². The molecule has 0 saturated carbocycles. The standard InChI is InChI=1S/C29H40ClN3O2/c1-4-23(5-2)29(34)31-18-10-6-7-15-28-32-26-13-8-9-14-27(26)33(28)19-11-12-20-35-24-16-17-25(30)22(3)21-24/h8-9,13-14,16-17,21,23H,4-7,10-12,15,18-20H2,1-3H3,(H,31,34). The number of nitrogens with one attached hydrogen (secondary N) is 1. The van der Waals surface area contributed by atoms with Crippen molar-refractivity contribution in [3.8, 4) is 5.75 Å². The lowest BCUT2D eigenvalue weighted by molar-refractivity contribution is -0.125. The van der Waals surface area contributed by atoms with Crippen LogP contribution in [-0.4, -0.2) is 28.6 Å². The van der Waals surface area contributed by atoms with Gasteiger partial charge in [0.05, 0.1) is 17.6 Å². The molecule has 0 atom stereocenters. The first-order chi connectivity index (χ1) is 17.0. The Labute approximate surface area is 215 Å². The zero-order valence-corrected chi connectivity index (χ0v) is 22.2. The van der Waals surface area contributed by atoms with Crippen LogP contribution in [0.5, 0.6) is 5.75 Å². The predicted molar refractivity (Wildman–Crippen MR) is 145 cm³/mol. The minimum Gasteiger partial charge on any atom is -0.494 e. The Hall–Kier alpha value is -2.53. The minimum atomic E-state index is 0.149. The summed E-state index contributed by atoms with van der Waals surface area (Å²) >= 11 is 6.10. The summed E-state index contributed by atoms with van der Waals surface area (Å²) in [7, 11) is 0. The van der Waals surface area contributed by atoms with E-state index in [0.717, 1.165) is 92.1 Å². The second-order valence-electron chi connectivity index (χ2n) is 9.25. The van der Waals surface area contributed by atoms with Crippen LogP contribution in [0.25, 0.3) is 11.0 Å². The lowest BCUT2D eigenvalue weighted by atomic mass is 10.0. The number of amides is 1. The second kappa shape index (κ2) is 14.1. The van der Waals surface area contributed by atoms with Gasteiger partial charge in [0.15, 0.2) is 0 Å². The number of rotatable bonds is 15. The van der Waals surface area contributed by atoms with Crippen LogP contribution in [0.3, 0.4) is 0 Å². The fraction of sp³-hybridized carbons (Fsp3) is 0.517. The zero-order valence-electron chi connectivity index (χ0n) is 21.5. The third-order valence-electron chi connectivity index (χ3n) is 6.64. The van der Waals surface area contributed by atoms with Crippen LogP contribution < -0.4 is 10.1 Å². The van der Waals surface area contributed by atoms with Gasteiger partial charge in [-0.15, -0.1) is 0 Å². The van der Waals surface area contributed by atoms with E-state index in [1.807, 2.05) is 31.2 Å². The number of aryl methyl sites for hydroxylation is 3. The highest BCUT2D eigenvalue weighted by molar-refractivity contribution is 6.31. The average molecular weight is 498 g/mol. The van der Waals surface area contributed by atoms with E-state index in [-0.39, 0.29) is 11.8 Å². The smallest absolute Gasteiger partial charge is 0.223 e. The molecule has 3 aromatic rings. The van der Waals surface area contributed by atoms with Crippen molar-refractivity contribution in [1.82, 2.24) is 14.9 Å². The molecule has 6 heteroatoms. The molecule has 1 aromatic heterocycles. The first-order valence-electron chi connectivity index (χ1n) is 13.1. The topological polar surface area (TPSA) is 56.2 Å². The molecule has 1 N–H and O–H groups in total. The molecule has 0 aliphatic rings. The van der Waals surface area contributed by atoms with Crippen molar-refractivity contribution in [2.75, 3.05) is 13.2 Å². The SMILES string of the molecule is CCC(CC)C(=O)NCCCCCc1nc2ccccc2n1CCCCOc1ccc(Cl)c(C)c1. The third kappa shape index (κ3) is 7.99. The summed E-state index contributed by atoms with van der Waals surface area (Å²) in [6.07, 6.45) is 7.94. The fourth-order valence-corrected chi connectivity index (χ4v) is 4.55. The number of ether oxygens (including phenoxy) is 1. The number of imidazole rings is 1. The Bertz CT molecular complexity index is 1070. The van der Waals surface area contributed by atoms with Gasteiger partial charge in [0.25, 0.3) is 0 Å². The van der Waals surface area contributed by atoms with Gasteiger partial charge in [-0.2, -0.15) is 0 Å². The molecule has 1 amide bonds. The van der Waals surface area contributed by atoms with Gasteiger partial charge in [-0.3, -0.25) is 4.79 Å². The number of hydrogen-bond acceptors (Lipinski definition) is 3. The van der Waals surface area contributed by atoms with Gasteiger partial charge in [0.2, 0.25) is 5.91 Å². The van der Waals surface area contributed by atoms with E-state index >= 15 is 0 Å². The number of nitrogens with zero attached hydrogens (tertiary/aromatic N) is 2. The summed E-state index contributed by atoms with van der Waals surface area (Å²) in [6, 6.07) is 14.2. The summed E-state index contributed by atoms with van der Waals surface area (Å²) in [6.45, 7) is 8.53. The normalized spacial score (nSPS) is 11.3. The molecule has 0 spiro atoms. The number of para-hydroxylation sites is 2. The highest BCUT2D eigenvalue weighted by Gasteiger charge is 2.13. The largest absolute Gasteiger partial charge is 0.494 e. The van der Waals surface area contributed by atoms with Crippen molar-refractivity contribution in [3.05, 3.63) is 58.9 Å². The molecule has 5 nitrogen and oxygen atoms in total. The van der Waals surface area contributed by atoms with Crippen LogP contribution in [0.2, 0.25) is 5.02 Å². The second-order valence-corrected chi connectivity index (χ2v) is 9.66. The first-order valence-corrected chi connectivity index (χ1v) is 13.5. The molecule has 0 radical (unpaired) electrons. The summed E-state index contributed by atoms with van der Waals surface area (Å²) in [5, 5.41) is 3.86. The van der Waals surface area contributed by atoms with E-state index in [1.54, 1.807) is 0 Å². The van der Waals surface area contributed by atoms with Crippen LogP contribution in [0.1, 0.15) is 70.2 Å². The molecule has 35 heavy (non-hydrogen) atoms. The van der Waals surface area contributed by atoms with Crippen molar-refractivity contribution < 1.29 is 9.53 Å². The molecule has 0 unspecified atom stereocenters. The maximum absolute atomic E-state index is 12.1. The van der Waals surface area contributed by atoms with Crippen LogP contribution in [-0.2, 0) is 17.8 Å². The van der Waals surface area contributed by atoms with E-state index in [1.165, 1.54) is 5.52 Å². The molecule has 1 heterocycles. The zero-order chi connectivity index (χ0) is 25.0. The average Bonchev–Trinajstić information content (AvgIpc) is 3.21. The van der Waals surface area contributed by atoms with Crippen molar-refractivity contribution in [1.29, 1.82) is 0 Å². The Morgan fingerprint density at radius 2 is 1.86 bits per heavy atom. The summed E-state index contributed by atoms with van der Waals surface area (Å²) in [4.78, 5) is 17.0. The third-order valence-corrected chi connectivity index (χ3v) is 7.06. The van der Waals surface area contributed by atoms with Crippen molar-refractivity contribution >= 4 is 28.5 Å². The molecular formula is C29H40ClN3O2. The van der Waals surface area contributed by atoms with E-state index < -0.39 is 0 Å². The predicted octanol–water partition coefficient (Wildman–Crippen LogP) is 7.12. The Balaban J connectivity index is 1.45. The number of hydrogen-bond donors (Lipinski definition) is 1. The van der Waals surface area contributed by atoms with Crippen LogP contribution in [0, 0.1) is 12.8 Å². The van der Waals surface area contributed by atoms with Crippen LogP contribution in [0.15, 0.2) is 42.5 Å². The molecule has 0 aliphatic heterocycles. The monoisotopic (exact) mass is 497 g/mol. The summed E-state index contributed by atoms with van der Waals surface area (Å²) < 4.78 is 8.29. The van der Waals surface area contributed by atoms with Crippen molar-refractivity contribution in [2.45, 2.75) is 78.7 Å². The lowest BCUT2D eigenvalue weighted by Crippen LogP contribution is -2.30. The Kier molecular flexibility index (Phi) is 10.9. The molecule has 0 fully saturated rings. The van der Waals surface area contributed by atoms with Gasteiger partial charge in [-0.25, -0.2) is 4.98 Å². The molecule has 2 aromatic carbocycles. The number of carbonyl (C=O) groups excluding carboxylic acids is 1. The highest BCUT2D eigenvalue weighted by atomic mass is 35.5. The van der Waals surface area contributed by atoms with Gasteiger partial charge in [-0.1, -0.05) is 44.0 Å². The van der Waals surface area contributed by atoms with Gasteiger partial charge in [-0.05, 0) is 81.3 Å². The quantitative estimate of drug-likeness (QED) is 0.227. The van der Waals surface area contributed by atoms with E-state index in [2.05, 4.69) is 41.9 Å². The molecule has 0 aliphatic carbocycles. The maximum atomic E-state index is 12.1. The summed E-state index contributed by atoms with van der Waals surface area (Å²) in [5.74, 6) is 2.38. The number of aromatic nitrogens is 2. The van der Waals surface area contributed by atoms with Gasteiger partial charge in [0, 0.05) is 30.5 Å². The van der Waals surface area contributed by atoms with Gasteiger partial charge >= 0.3 is 0 Å². The Morgan fingerprint density at radius 3 is 2.63 bits per heavy atom. The van der Waals surface area contributed by atoms with Crippen molar-refractivity contribution in [2.24, 2.45) is 5.92 Å². The number of benzene rings is 2. The van der Waals surface area contributed by atoms with Gasteiger partial charge < -0.3 is 14.6 Å². The van der Waals surface area contributed by atoms with E-state index in [4.69, 9.17) is 21.3 Å². The maximum Gasteiger partial charge on any atom is 0.223 e. The van der Waals surface area contributed by atoms with Crippen LogP contribution in [0.4, 0.5) is 0 Å². The van der Waals surface area contributed by atoms with E-state index in [9.17, 15) is 4.79 Å². The molecule has 3 rings (SSSR count). The highest BCUT2D eigenvalue weighted by Crippen LogP contribution is 2.22. The number of unbranched alkanes of at least 4 members (excludes halogenated alkanes) is 3. The number of fused-ring (bicyclic) bond motifs is 1. The lowest BCUT2D eigenvalue weighted by Gasteiger charge is -2.12. The Morgan fingerprint density at radius 1 is 1.06 bits per heavy atom. The minimum absolute atomic E-state index is 0.149. The first kappa shape index (κ1) is 27.1. The fourth-order valence-electron chi connectivity index (χ4n) is 4.44. The molecular weight excluding hydrogens is 458 g/mol. The number of halogens is 1. The van der Waals surface area contributed by atoms with E-state index in [0.29, 0.717) is 6.61 Å². The van der Waals surface area contributed by atoms with Crippen molar-refractivity contribution in [3.63, 3.8) is 0 Å². The molecule has 0 saturated heterocycles.